The third-order valence-corrected chi connectivity index (χ3v) is 2.44. The van der Waals surface area contributed by atoms with Crippen LogP contribution in [0.1, 0.15) is 20.8 Å². The van der Waals surface area contributed by atoms with Gasteiger partial charge >= 0.3 is 6.09 Å². The Bertz CT molecular complexity index is 379. The highest BCUT2D eigenvalue weighted by molar-refractivity contribution is 9.11. The maximum Gasteiger partial charge on any atom is 0.413 e. The lowest BCUT2D eigenvalue weighted by molar-refractivity contribution is 0.190. The van der Waals surface area contributed by atoms with E-state index in [9.17, 15) is 4.79 Å². The molecule has 0 unspecified atom stereocenters. The molecular weight excluding hydrogens is 338 g/mol. The summed E-state index contributed by atoms with van der Waals surface area (Å²) in [5.41, 5.74) is -0.305. The number of amides is 1. The number of carbonyl (C=O) groups excluding carboxylic acids is 1. The van der Waals surface area contributed by atoms with E-state index in [0.717, 1.165) is 8.95 Å². The predicted molar refractivity (Wildman–Crippen MR) is 70.8 cm³/mol. The van der Waals surface area contributed by atoms with Crippen molar-refractivity contribution >= 4 is 38.0 Å². The van der Waals surface area contributed by atoms with Crippen LogP contribution in [0.5, 0.6) is 5.75 Å². The summed E-state index contributed by atoms with van der Waals surface area (Å²) in [5.74, 6) is 0.489. The van der Waals surface area contributed by atoms with E-state index in [2.05, 4.69) is 37.2 Å². The Balaban J connectivity index is 2.70. The van der Waals surface area contributed by atoms with Gasteiger partial charge in [0.1, 0.15) is 5.75 Å². The zero-order valence-electron chi connectivity index (χ0n) is 9.30. The highest BCUT2D eigenvalue weighted by Crippen LogP contribution is 2.25. The van der Waals surface area contributed by atoms with E-state index in [0.29, 0.717) is 5.75 Å². The van der Waals surface area contributed by atoms with E-state index in [1.165, 1.54) is 0 Å². The normalized spacial score (nSPS) is 11.1. The Labute approximate surface area is 112 Å². The lowest BCUT2D eigenvalue weighted by Crippen LogP contribution is -2.42. The third kappa shape index (κ3) is 4.99. The zero-order valence-corrected chi connectivity index (χ0v) is 12.5. The Morgan fingerprint density at radius 2 is 1.69 bits per heavy atom. The predicted octanol–water partition coefficient (Wildman–Crippen LogP) is 4.10. The minimum absolute atomic E-state index is 0.305. The Morgan fingerprint density at radius 1 is 1.19 bits per heavy atom. The molecule has 16 heavy (non-hydrogen) atoms. The Morgan fingerprint density at radius 3 is 2.12 bits per heavy atom. The number of ether oxygens (including phenoxy) is 1. The van der Waals surface area contributed by atoms with Crippen molar-refractivity contribution in [1.82, 2.24) is 5.32 Å². The van der Waals surface area contributed by atoms with Crippen molar-refractivity contribution in [3.63, 3.8) is 0 Å². The van der Waals surface area contributed by atoms with Crippen molar-refractivity contribution in [1.29, 1.82) is 0 Å². The topological polar surface area (TPSA) is 38.3 Å². The number of hydrogen-bond donors (Lipinski definition) is 1. The molecule has 0 heterocycles. The molecule has 1 aromatic carbocycles. The largest absolute Gasteiger partial charge is 0.413 e. The smallest absolute Gasteiger partial charge is 0.410 e. The van der Waals surface area contributed by atoms with Crippen molar-refractivity contribution in [2.75, 3.05) is 0 Å². The lowest BCUT2D eigenvalue weighted by atomic mass is 10.1. The highest BCUT2D eigenvalue weighted by Gasteiger charge is 2.15. The van der Waals surface area contributed by atoms with Crippen LogP contribution in [0.4, 0.5) is 4.79 Å². The van der Waals surface area contributed by atoms with Crippen LogP contribution >= 0.6 is 31.9 Å². The van der Waals surface area contributed by atoms with Gasteiger partial charge in [0.05, 0.1) is 0 Å². The summed E-state index contributed by atoms with van der Waals surface area (Å²) in [5, 5.41) is 2.71. The van der Waals surface area contributed by atoms with E-state index in [4.69, 9.17) is 4.74 Å². The van der Waals surface area contributed by atoms with Gasteiger partial charge in [0.2, 0.25) is 0 Å². The fourth-order valence-corrected chi connectivity index (χ4v) is 2.28. The number of carbonyl (C=O) groups is 1. The maximum atomic E-state index is 11.5. The van der Waals surface area contributed by atoms with Gasteiger partial charge in [-0.1, -0.05) is 31.9 Å². The second-order valence-corrected chi connectivity index (χ2v) is 6.20. The van der Waals surface area contributed by atoms with Crippen LogP contribution < -0.4 is 10.1 Å². The molecule has 0 bridgehead atoms. The molecule has 1 rings (SSSR count). The first kappa shape index (κ1) is 13.5. The molecule has 3 nitrogen and oxygen atoms in total. The zero-order chi connectivity index (χ0) is 12.3. The van der Waals surface area contributed by atoms with Crippen LogP contribution in [0, 0.1) is 0 Å². The first-order valence-electron chi connectivity index (χ1n) is 4.72. The van der Waals surface area contributed by atoms with Gasteiger partial charge in [0.25, 0.3) is 0 Å². The Kier molecular flexibility index (Phi) is 4.38. The summed E-state index contributed by atoms with van der Waals surface area (Å²) in [6, 6.07) is 5.33. The first-order valence-corrected chi connectivity index (χ1v) is 6.31. The van der Waals surface area contributed by atoms with Crippen molar-refractivity contribution in [2.45, 2.75) is 26.3 Å². The quantitative estimate of drug-likeness (QED) is 0.828. The van der Waals surface area contributed by atoms with Crippen LogP contribution in [-0.2, 0) is 0 Å². The summed E-state index contributed by atoms with van der Waals surface area (Å²) in [6.45, 7) is 5.68. The molecule has 0 fully saturated rings. The summed E-state index contributed by atoms with van der Waals surface area (Å²) in [6.07, 6.45) is -0.461. The molecule has 0 saturated heterocycles. The summed E-state index contributed by atoms with van der Waals surface area (Å²) in [4.78, 5) is 11.5. The molecule has 0 saturated carbocycles. The monoisotopic (exact) mass is 349 g/mol. The highest BCUT2D eigenvalue weighted by atomic mass is 79.9. The van der Waals surface area contributed by atoms with E-state index in [-0.39, 0.29) is 5.54 Å². The second-order valence-electron chi connectivity index (χ2n) is 4.37. The molecule has 88 valence electrons. The molecule has 0 radical (unpaired) electrons. The average molecular weight is 351 g/mol. The van der Waals surface area contributed by atoms with Crippen LogP contribution in [0.2, 0.25) is 0 Å². The minimum atomic E-state index is -0.461. The van der Waals surface area contributed by atoms with Gasteiger partial charge < -0.3 is 10.1 Å². The SMILES string of the molecule is CC(C)(C)NC(=O)Oc1cc(Br)cc(Br)c1. The number of halogens is 2. The van der Waals surface area contributed by atoms with E-state index in [1.807, 2.05) is 26.8 Å². The Hall–Kier alpha value is -0.550. The third-order valence-electron chi connectivity index (χ3n) is 1.52. The van der Waals surface area contributed by atoms with Gasteiger partial charge in [-0.2, -0.15) is 0 Å². The molecule has 0 aliphatic rings. The molecule has 1 aromatic rings. The van der Waals surface area contributed by atoms with Crippen LogP contribution in [-0.4, -0.2) is 11.6 Å². The van der Waals surface area contributed by atoms with Gasteiger partial charge in [-0.25, -0.2) is 4.79 Å². The van der Waals surface area contributed by atoms with Gasteiger partial charge in [0.15, 0.2) is 0 Å². The molecule has 0 aliphatic heterocycles. The number of rotatable bonds is 1. The van der Waals surface area contributed by atoms with E-state index >= 15 is 0 Å². The van der Waals surface area contributed by atoms with Crippen molar-refractivity contribution in [2.24, 2.45) is 0 Å². The van der Waals surface area contributed by atoms with Gasteiger partial charge in [0, 0.05) is 14.5 Å². The molecule has 0 spiro atoms. The molecule has 1 amide bonds. The van der Waals surface area contributed by atoms with E-state index in [1.54, 1.807) is 12.1 Å². The summed E-state index contributed by atoms with van der Waals surface area (Å²) >= 11 is 6.65. The molecule has 0 atom stereocenters. The molecule has 0 aliphatic carbocycles. The number of benzene rings is 1. The van der Waals surface area contributed by atoms with E-state index < -0.39 is 6.09 Å². The summed E-state index contributed by atoms with van der Waals surface area (Å²) in [7, 11) is 0. The van der Waals surface area contributed by atoms with Crippen molar-refractivity contribution < 1.29 is 9.53 Å². The molecular formula is C11H13Br2NO2. The number of hydrogen-bond acceptors (Lipinski definition) is 2. The maximum absolute atomic E-state index is 11.5. The summed E-state index contributed by atoms with van der Waals surface area (Å²) < 4.78 is 6.84. The van der Waals surface area contributed by atoms with Gasteiger partial charge in [-0.3, -0.25) is 0 Å². The van der Waals surface area contributed by atoms with Crippen LogP contribution in [0.3, 0.4) is 0 Å². The fourth-order valence-electron chi connectivity index (χ4n) is 1.03. The van der Waals surface area contributed by atoms with Crippen LogP contribution in [0.25, 0.3) is 0 Å². The number of nitrogens with one attached hydrogen (secondary N) is 1. The average Bonchev–Trinajstić information content (AvgIpc) is 1.96. The van der Waals surface area contributed by atoms with Gasteiger partial charge in [-0.05, 0) is 39.0 Å². The minimum Gasteiger partial charge on any atom is -0.410 e. The fraction of sp³-hybridized carbons (Fsp3) is 0.364. The lowest BCUT2D eigenvalue weighted by Gasteiger charge is -2.19. The van der Waals surface area contributed by atoms with Crippen LogP contribution in [0.15, 0.2) is 27.1 Å². The van der Waals surface area contributed by atoms with Gasteiger partial charge in [-0.15, -0.1) is 0 Å². The second kappa shape index (κ2) is 5.19. The first-order chi connectivity index (χ1) is 7.26. The molecule has 0 aromatic heterocycles. The standard InChI is InChI=1S/C11H13Br2NO2/c1-11(2,3)14-10(15)16-9-5-7(12)4-8(13)6-9/h4-6H,1-3H3,(H,14,15). The molecule has 1 N–H and O–H groups in total. The van der Waals surface area contributed by atoms with Crippen molar-refractivity contribution in [3.05, 3.63) is 27.1 Å². The van der Waals surface area contributed by atoms with Crippen molar-refractivity contribution in [3.8, 4) is 5.75 Å². The molecule has 5 heteroatoms.